The number of hydrogen-bond donors (Lipinski definition) is 2. The third kappa shape index (κ3) is 3.26. The van der Waals surface area contributed by atoms with Crippen molar-refractivity contribution in [2.24, 2.45) is 40.4 Å². The van der Waals surface area contributed by atoms with Crippen LogP contribution in [0.1, 0.15) is 111 Å². The van der Waals surface area contributed by atoms with Gasteiger partial charge in [-0.2, -0.15) is 0 Å². The molecule has 0 unspecified atom stereocenters. The van der Waals surface area contributed by atoms with Gasteiger partial charge in [0.25, 0.3) is 0 Å². The first-order valence-electron chi connectivity index (χ1n) is 13.2. The Kier molecular flexibility index (Phi) is 5.07. The molecule has 5 aliphatic carbocycles. The number of fused-ring (bicyclic) bond motifs is 5. The monoisotopic (exact) mass is 414 g/mol. The van der Waals surface area contributed by atoms with Gasteiger partial charge in [0.15, 0.2) is 0 Å². The van der Waals surface area contributed by atoms with Gasteiger partial charge in [0.2, 0.25) is 0 Å². The molecule has 0 aromatic carbocycles. The molecule has 2 N–H and O–H groups in total. The maximum absolute atomic E-state index is 10.7. The van der Waals surface area contributed by atoms with Crippen LogP contribution in [0.25, 0.3) is 0 Å². The maximum Gasteiger partial charge on any atom is 0.0657 e. The average molecular weight is 415 g/mol. The summed E-state index contributed by atoms with van der Waals surface area (Å²) in [6, 6.07) is 0. The van der Waals surface area contributed by atoms with Crippen LogP contribution in [0.2, 0.25) is 0 Å². The quantitative estimate of drug-likeness (QED) is 0.506. The van der Waals surface area contributed by atoms with Gasteiger partial charge >= 0.3 is 0 Å². The summed E-state index contributed by atoms with van der Waals surface area (Å²) in [7, 11) is 0. The second kappa shape index (κ2) is 7.08. The first kappa shape index (κ1) is 21.5. The molecule has 0 aromatic rings. The minimum atomic E-state index is -0.486. The van der Waals surface area contributed by atoms with Gasteiger partial charge in [-0.25, -0.2) is 0 Å². The highest BCUT2D eigenvalue weighted by Gasteiger charge is 2.59. The normalized spacial score (nSPS) is 50.5. The summed E-state index contributed by atoms with van der Waals surface area (Å²) in [4.78, 5) is 0. The van der Waals surface area contributed by atoms with E-state index in [2.05, 4.69) is 26.8 Å². The Morgan fingerprint density at radius 3 is 2.43 bits per heavy atom. The van der Waals surface area contributed by atoms with Crippen molar-refractivity contribution < 1.29 is 10.2 Å². The van der Waals surface area contributed by atoms with Crippen LogP contribution in [0.4, 0.5) is 0 Å². The molecular formula is C28H46O2. The highest BCUT2D eigenvalue weighted by atomic mass is 16.3. The minimum Gasteiger partial charge on any atom is -0.390 e. The van der Waals surface area contributed by atoms with Gasteiger partial charge in [0.05, 0.1) is 11.2 Å². The Labute approximate surface area is 184 Å². The summed E-state index contributed by atoms with van der Waals surface area (Å²) >= 11 is 0. The Morgan fingerprint density at radius 2 is 1.73 bits per heavy atom. The molecule has 0 saturated heterocycles. The standard InChI is InChI=1S/C28H46O2/c1-19(10-15-28(30)12-5-13-28)22-8-9-23-21-7-6-20-18-25(2,29)16-17-26(20,3)24(21)11-14-27(22,23)4/h6,19,21-24,29-30H,5,7-18H2,1-4H3/t19-,21+,22-,23+,24+,25+,26+,27-/m1/s1. The van der Waals surface area contributed by atoms with E-state index in [9.17, 15) is 10.2 Å². The van der Waals surface area contributed by atoms with Gasteiger partial charge in [-0.05, 0) is 131 Å². The molecule has 2 nitrogen and oxygen atoms in total. The topological polar surface area (TPSA) is 40.5 Å². The van der Waals surface area contributed by atoms with Gasteiger partial charge in [-0.1, -0.05) is 32.4 Å². The van der Waals surface area contributed by atoms with Crippen molar-refractivity contribution in [3.63, 3.8) is 0 Å². The molecule has 0 aromatic heterocycles. The lowest BCUT2D eigenvalue weighted by atomic mass is 9.46. The molecule has 5 aliphatic rings. The van der Waals surface area contributed by atoms with E-state index in [1.807, 2.05) is 6.92 Å². The van der Waals surface area contributed by atoms with Crippen LogP contribution in [-0.2, 0) is 0 Å². The van der Waals surface area contributed by atoms with E-state index < -0.39 is 5.60 Å². The zero-order valence-electron chi connectivity index (χ0n) is 20.1. The molecule has 0 heterocycles. The highest BCUT2D eigenvalue weighted by Crippen LogP contribution is 2.67. The predicted molar refractivity (Wildman–Crippen MR) is 123 cm³/mol. The van der Waals surface area contributed by atoms with Crippen LogP contribution < -0.4 is 0 Å². The van der Waals surface area contributed by atoms with Gasteiger partial charge in [0.1, 0.15) is 0 Å². The third-order valence-corrected chi connectivity index (χ3v) is 11.5. The zero-order chi connectivity index (χ0) is 21.4. The second-order valence-electron chi connectivity index (χ2n) is 13.3. The van der Waals surface area contributed by atoms with Crippen LogP contribution in [0, 0.1) is 40.4 Å². The van der Waals surface area contributed by atoms with Crippen molar-refractivity contribution in [3.8, 4) is 0 Å². The summed E-state index contributed by atoms with van der Waals surface area (Å²) in [6.45, 7) is 9.73. The second-order valence-corrected chi connectivity index (χ2v) is 13.3. The van der Waals surface area contributed by atoms with E-state index in [4.69, 9.17) is 0 Å². The van der Waals surface area contributed by atoms with Crippen molar-refractivity contribution in [1.82, 2.24) is 0 Å². The molecule has 0 bridgehead atoms. The lowest BCUT2D eigenvalue weighted by Gasteiger charge is -2.59. The van der Waals surface area contributed by atoms with Crippen molar-refractivity contribution in [2.75, 3.05) is 0 Å². The van der Waals surface area contributed by atoms with Crippen LogP contribution in [0.3, 0.4) is 0 Å². The molecule has 4 fully saturated rings. The minimum absolute atomic E-state index is 0.313. The molecule has 170 valence electrons. The van der Waals surface area contributed by atoms with Crippen LogP contribution in [0.15, 0.2) is 11.6 Å². The van der Waals surface area contributed by atoms with E-state index >= 15 is 0 Å². The molecule has 0 aliphatic heterocycles. The molecule has 8 atom stereocenters. The van der Waals surface area contributed by atoms with Crippen LogP contribution in [0.5, 0.6) is 0 Å². The summed E-state index contributed by atoms with van der Waals surface area (Å²) < 4.78 is 0. The van der Waals surface area contributed by atoms with E-state index in [1.54, 1.807) is 5.57 Å². The molecule has 5 rings (SSSR count). The maximum atomic E-state index is 10.7. The molecule has 4 saturated carbocycles. The molecular weight excluding hydrogens is 368 g/mol. The molecule has 2 heteroatoms. The van der Waals surface area contributed by atoms with E-state index in [0.29, 0.717) is 10.8 Å². The Balaban J connectivity index is 1.32. The predicted octanol–water partition coefficient (Wildman–Crippen LogP) is 6.65. The average Bonchev–Trinajstić information content (AvgIpc) is 3.02. The molecule has 0 spiro atoms. The lowest BCUT2D eigenvalue weighted by molar-refractivity contribution is -0.0746. The van der Waals surface area contributed by atoms with Gasteiger partial charge in [-0.15, -0.1) is 0 Å². The van der Waals surface area contributed by atoms with Gasteiger partial charge in [0, 0.05) is 0 Å². The van der Waals surface area contributed by atoms with Gasteiger partial charge in [-0.3, -0.25) is 0 Å². The Morgan fingerprint density at radius 1 is 0.967 bits per heavy atom. The summed E-state index contributed by atoms with van der Waals surface area (Å²) in [5, 5.41) is 21.3. The summed E-state index contributed by atoms with van der Waals surface area (Å²) in [5.41, 5.74) is 1.63. The molecule has 30 heavy (non-hydrogen) atoms. The van der Waals surface area contributed by atoms with Gasteiger partial charge < -0.3 is 10.2 Å². The summed E-state index contributed by atoms with van der Waals surface area (Å²) in [6.07, 6.45) is 18.0. The van der Waals surface area contributed by atoms with E-state index in [0.717, 1.165) is 61.7 Å². The SMILES string of the molecule is C[C@H](CCC1(O)CCC1)[C@H]1CC[C@H]2[C@@H]3CC=C4C[C@@](C)(O)CC[C@]4(C)[C@H]3CC[C@]12C. The largest absolute Gasteiger partial charge is 0.390 e. The van der Waals surface area contributed by atoms with Crippen molar-refractivity contribution in [3.05, 3.63) is 11.6 Å². The van der Waals surface area contributed by atoms with Crippen LogP contribution in [-0.4, -0.2) is 21.4 Å². The zero-order valence-corrected chi connectivity index (χ0v) is 20.1. The van der Waals surface area contributed by atoms with E-state index in [-0.39, 0.29) is 5.60 Å². The lowest BCUT2D eigenvalue weighted by Crippen LogP contribution is -2.52. The van der Waals surface area contributed by atoms with Crippen LogP contribution >= 0.6 is 0 Å². The number of allylic oxidation sites excluding steroid dienone is 1. The first-order chi connectivity index (χ1) is 14.1. The third-order valence-electron chi connectivity index (χ3n) is 11.5. The fourth-order valence-corrected chi connectivity index (χ4v) is 9.31. The van der Waals surface area contributed by atoms with E-state index in [1.165, 1.54) is 51.4 Å². The smallest absolute Gasteiger partial charge is 0.0657 e. The van der Waals surface area contributed by atoms with Crippen molar-refractivity contribution in [1.29, 1.82) is 0 Å². The first-order valence-corrected chi connectivity index (χ1v) is 13.2. The van der Waals surface area contributed by atoms with Crippen molar-refractivity contribution in [2.45, 2.75) is 122 Å². The Bertz CT molecular complexity index is 703. The fourth-order valence-electron chi connectivity index (χ4n) is 9.31. The number of rotatable bonds is 4. The highest BCUT2D eigenvalue weighted by molar-refractivity contribution is 5.26. The molecule has 0 amide bonds. The molecule has 0 radical (unpaired) electrons. The van der Waals surface area contributed by atoms with Crippen molar-refractivity contribution >= 4 is 0 Å². The Hall–Kier alpha value is -0.340. The number of hydrogen-bond acceptors (Lipinski definition) is 2. The number of aliphatic hydroxyl groups is 2. The summed E-state index contributed by atoms with van der Waals surface area (Å²) in [5.74, 6) is 4.16. The fraction of sp³-hybridized carbons (Fsp3) is 0.929.